The summed E-state index contributed by atoms with van der Waals surface area (Å²) in [6, 6.07) is 5.31. The molecule has 3 heteroatoms. The van der Waals surface area contributed by atoms with E-state index >= 15 is 0 Å². The molecule has 0 saturated heterocycles. The van der Waals surface area contributed by atoms with Gasteiger partial charge < -0.3 is 9.84 Å². The molecule has 0 saturated carbocycles. The summed E-state index contributed by atoms with van der Waals surface area (Å²) in [7, 11) is 1.60. The number of hydrogen-bond donors (Lipinski definition) is 1. The minimum absolute atomic E-state index is 0.196. The smallest absolute Gasteiger partial charge is 0.124 e. The van der Waals surface area contributed by atoms with Gasteiger partial charge in [0.05, 0.1) is 13.2 Å². The maximum absolute atomic E-state index is 10.3. The van der Waals surface area contributed by atoms with Gasteiger partial charge in [-0.25, -0.2) is 0 Å². The van der Waals surface area contributed by atoms with Gasteiger partial charge in [-0.1, -0.05) is 32.4 Å². The number of hydrogen-bond acceptors (Lipinski definition) is 2. The standard InChI is InChI=1S/C13H19ClO2/c1-5-13(2,3)12(15)10-8-9(14)6-7-11(10)16-4/h6-8,12,15H,5H2,1-4H3. The highest BCUT2D eigenvalue weighted by Gasteiger charge is 2.29. The van der Waals surface area contributed by atoms with E-state index in [0.717, 1.165) is 12.0 Å². The summed E-state index contributed by atoms with van der Waals surface area (Å²) in [5.74, 6) is 0.679. The Morgan fingerprint density at radius 3 is 2.56 bits per heavy atom. The maximum atomic E-state index is 10.3. The zero-order valence-corrected chi connectivity index (χ0v) is 11.0. The summed E-state index contributed by atoms with van der Waals surface area (Å²) in [6.07, 6.45) is 0.301. The molecule has 1 aromatic carbocycles. The first-order valence-corrected chi connectivity index (χ1v) is 5.81. The van der Waals surface area contributed by atoms with Crippen LogP contribution in [0.2, 0.25) is 5.02 Å². The van der Waals surface area contributed by atoms with E-state index in [1.165, 1.54) is 0 Å². The van der Waals surface area contributed by atoms with Crippen LogP contribution in [0.4, 0.5) is 0 Å². The van der Waals surface area contributed by atoms with Crippen molar-refractivity contribution in [2.24, 2.45) is 5.41 Å². The number of methoxy groups -OCH3 is 1. The molecule has 0 aliphatic rings. The van der Waals surface area contributed by atoms with Crippen LogP contribution in [0.3, 0.4) is 0 Å². The first kappa shape index (κ1) is 13.3. The second-order valence-corrected chi connectivity index (χ2v) is 5.07. The van der Waals surface area contributed by atoms with E-state index in [4.69, 9.17) is 16.3 Å². The Morgan fingerprint density at radius 2 is 2.06 bits per heavy atom. The van der Waals surface area contributed by atoms with Gasteiger partial charge in [-0.15, -0.1) is 0 Å². The Labute approximate surface area is 102 Å². The van der Waals surface area contributed by atoms with Crippen LogP contribution in [0.1, 0.15) is 38.9 Å². The fraction of sp³-hybridized carbons (Fsp3) is 0.538. The molecule has 90 valence electrons. The second kappa shape index (κ2) is 5.07. The highest BCUT2D eigenvalue weighted by molar-refractivity contribution is 6.30. The molecular formula is C13H19ClO2. The van der Waals surface area contributed by atoms with Crippen molar-refractivity contribution >= 4 is 11.6 Å². The summed E-state index contributed by atoms with van der Waals surface area (Å²) >= 11 is 5.94. The zero-order valence-electron chi connectivity index (χ0n) is 10.2. The van der Waals surface area contributed by atoms with Gasteiger partial charge >= 0.3 is 0 Å². The van der Waals surface area contributed by atoms with E-state index in [1.54, 1.807) is 25.3 Å². The lowest BCUT2D eigenvalue weighted by molar-refractivity contribution is 0.0445. The van der Waals surface area contributed by atoms with Crippen molar-refractivity contribution in [1.82, 2.24) is 0 Å². The third-order valence-corrected chi connectivity index (χ3v) is 3.37. The van der Waals surface area contributed by atoms with Crippen LogP contribution in [0.5, 0.6) is 5.75 Å². The van der Waals surface area contributed by atoms with Crippen molar-refractivity contribution in [2.75, 3.05) is 7.11 Å². The summed E-state index contributed by atoms with van der Waals surface area (Å²) in [4.78, 5) is 0. The van der Waals surface area contributed by atoms with E-state index in [2.05, 4.69) is 6.92 Å². The van der Waals surface area contributed by atoms with E-state index in [0.29, 0.717) is 10.8 Å². The van der Waals surface area contributed by atoms with Crippen LogP contribution in [-0.4, -0.2) is 12.2 Å². The molecule has 0 aromatic heterocycles. The van der Waals surface area contributed by atoms with Crippen molar-refractivity contribution in [3.05, 3.63) is 28.8 Å². The van der Waals surface area contributed by atoms with Crippen LogP contribution in [0.25, 0.3) is 0 Å². The Kier molecular flexibility index (Phi) is 4.22. The summed E-state index contributed by atoms with van der Waals surface area (Å²) < 4.78 is 5.24. The van der Waals surface area contributed by atoms with Gasteiger partial charge in [-0.3, -0.25) is 0 Å². The van der Waals surface area contributed by atoms with Crippen molar-refractivity contribution < 1.29 is 9.84 Å². The van der Waals surface area contributed by atoms with Gasteiger partial charge in [-0.05, 0) is 30.0 Å². The largest absolute Gasteiger partial charge is 0.496 e. The lowest BCUT2D eigenvalue weighted by Gasteiger charge is -2.30. The molecule has 1 rings (SSSR count). The molecule has 1 aromatic rings. The van der Waals surface area contributed by atoms with Gasteiger partial charge in [-0.2, -0.15) is 0 Å². The molecule has 0 heterocycles. The quantitative estimate of drug-likeness (QED) is 0.870. The van der Waals surface area contributed by atoms with E-state index in [-0.39, 0.29) is 5.41 Å². The summed E-state index contributed by atoms with van der Waals surface area (Å²) in [5, 5.41) is 11.0. The average molecular weight is 243 g/mol. The molecule has 1 N–H and O–H groups in total. The van der Waals surface area contributed by atoms with E-state index in [1.807, 2.05) is 13.8 Å². The summed E-state index contributed by atoms with van der Waals surface area (Å²) in [5.41, 5.74) is 0.555. The predicted octanol–water partition coefficient (Wildman–Crippen LogP) is 3.82. The predicted molar refractivity (Wildman–Crippen MR) is 67.0 cm³/mol. The van der Waals surface area contributed by atoms with Crippen molar-refractivity contribution in [3.8, 4) is 5.75 Å². The second-order valence-electron chi connectivity index (χ2n) is 4.63. The number of aliphatic hydroxyl groups excluding tert-OH is 1. The number of aliphatic hydroxyl groups is 1. The molecule has 1 unspecified atom stereocenters. The SMILES string of the molecule is CCC(C)(C)C(O)c1cc(Cl)ccc1OC. The van der Waals surface area contributed by atoms with E-state index < -0.39 is 6.10 Å². The number of halogens is 1. The summed E-state index contributed by atoms with van der Waals surface area (Å²) in [6.45, 7) is 6.11. The molecule has 2 nitrogen and oxygen atoms in total. The number of benzene rings is 1. The Morgan fingerprint density at radius 1 is 1.44 bits per heavy atom. The number of ether oxygens (including phenoxy) is 1. The third-order valence-electron chi connectivity index (χ3n) is 3.14. The van der Waals surface area contributed by atoms with Gasteiger partial charge in [0.2, 0.25) is 0 Å². The van der Waals surface area contributed by atoms with Gasteiger partial charge in [0.25, 0.3) is 0 Å². The molecule has 0 bridgehead atoms. The average Bonchev–Trinajstić information content (AvgIpc) is 2.28. The first-order valence-electron chi connectivity index (χ1n) is 5.44. The zero-order chi connectivity index (χ0) is 12.3. The van der Waals surface area contributed by atoms with Crippen LogP contribution in [-0.2, 0) is 0 Å². The third kappa shape index (κ3) is 2.69. The fourth-order valence-corrected chi connectivity index (χ4v) is 1.71. The Bertz CT molecular complexity index is 361. The van der Waals surface area contributed by atoms with E-state index in [9.17, 15) is 5.11 Å². The first-order chi connectivity index (χ1) is 7.42. The normalized spacial score (nSPS) is 13.6. The lowest BCUT2D eigenvalue weighted by Crippen LogP contribution is -2.21. The molecule has 1 atom stereocenters. The highest BCUT2D eigenvalue weighted by Crippen LogP contribution is 2.40. The lowest BCUT2D eigenvalue weighted by atomic mass is 9.80. The van der Waals surface area contributed by atoms with Crippen LogP contribution >= 0.6 is 11.6 Å². The minimum atomic E-state index is -0.578. The van der Waals surface area contributed by atoms with Crippen molar-refractivity contribution in [1.29, 1.82) is 0 Å². The van der Waals surface area contributed by atoms with Crippen LogP contribution in [0, 0.1) is 5.41 Å². The molecule has 0 spiro atoms. The van der Waals surface area contributed by atoms with Crippen molar-refractivity contribution in [3.63, 3.8) is 0 Å². The fourth-order valence-electron chi connectivity index (χ4n) is 1.53. The molecule has 0 fully saturated rings. The van der Waals surface area contributed by atoms with Gasteiger partial charge in [0.15, 0.2) is 0 Å². The van der Waals surface area contributed by atoms with Crippen LogP contribution in [0.15, 0.2) is 18.2 Å². The Hall–Kier alpha value is -0.730. The molecule has 0 aliphatic heterocycles. The molecule has 0 amide bonds. The molecule has 0 aliphatic carbocycles. The van der Waals surface area contributed by atoms with Crippen LogP contribution < -0.4 is 4.74 Å². The Balaban J connectivity index is 3.16. The maximum Gasteiger partial charge on any atom is 0.124 e. The highest BCUT2D eigenvalue weighted by atomic mass is 35.5. The van der Waals surface area contributed by atoms with Crippen molar-refractivity contribution in [2.45, 2.75) is 33.3 Å². The minimum Gasteiger partial charge on any atom is -0.496 e. The molecule has 16 heavy (non-hydrogen) atoms. The van der Waals surface area contributed by atoms with Gasteiger partial charge in [0.1, 0.15) is 5.75 Å². The topological polar surface area (TPSA) is 29.5 Å². The monoisotopic (exact) mass is 242 g/mol. The molecule has 0 radical (unpaired) electrons. The molecular weight excluding hydrogens is 224 g/mol. The van der Waals surface area contributed by atoms with Gasteiger partial charge in [0, 0.05) is 10.6 Å². The number of rotatable bonds is 4.